The Labute approximate surface area is 233 Å². The number of sulfone groups is 1. The molecule has 0 unspecified atom stereocenters. The first-order valence-electron chi connectivity index (χ1n) is 12.0. The molecule has 0 saturated heterocycles. The van der Waals surface area contributed by atoms with Gasteiger partial charge < -0.3 is 19.9 Å². The SMILES string of the molecule is CCN(CCc1[nH]cc2ncnc(Nc3ccc(Oc4cccc(C(F)(F)F)c4)c(Cl)c3)c12)C(=O)CS(C)(=O)=O. The number of ether oxygens (including phenoxy) is 1. The third-order valence-electron chi connectivity index (χ3n) is 5.90. The molecule has 1 amide bonds. The fourth-order valence-corrected chi connectivity index (χ4v) is 4.86. The number of aromatic amines is 1. The van der Waals surface area contributed by atoms with Gasteiger partial charge in [-0.1, -0.05) is 17.7 Å². The molecule has 14 heteroatoms. The fourth-order valence-electron chi connectivity index (χ4n) is 4.01. The molecule has 0 saturated carbocycles. The zero-order valence-corrected chi connectivity index (χ0v) is 23.0. The van der Waals surface area contributed by atoms with Crippen LogP contribution < -0.4 is 10.1 Å². The zero-order chi connectivity index (χ0) is 29.1. The Kier molecular flexibility index (Phi) is 8.54. The summed E-state index contributed by atoms with van der Waals surface area (Å²) in [5.74, 6) is -0.425. The van der Waals surface area contributed by atoms with E-state index in [1.807, 2.05) is 0 Å². The number of hydrogen-bond donors (Lipinski definition) is 2. The third-order valence-corrected chi connectivity index (χ3v) is 6.96. The maximum absolute atomic E-state index is 13.0. The molecule has 9 nitrogen and oxygen atoms in total. The fraction of sp³-hybridized carbons (Fsp3) is 0.269. The maximum atomic E-state index is 13.0. The van der Waals surface area contributed by atoms with E-state index in [0.717, 1.165) is 24.1 Å². The molecule has 2 aromatic heterocycles. The van der Waals surface area contributed by atoms with Crippen LogP contribution in [0.25, 0.3) is 10.9 Å². The van der Waals surface area contributed by atoms with Crippen molar-refractivity contribution < 1.29 is 31.1 Å². The van der Waals surface area contributed by atoms with Crippen molar-refractivity contribution in [3.63, 3.8) is 0 Å². The number of fused-ring (bicyclic) bond motifs is 1. The van der Waals surface area contributed by atoms with Crippen molar-refractivity contribution in [2.45, 2.75) is 19.5 Å². The smallest absolute Gasteiger partial charge is 0.416 e. The van der Waals surface area contributed by atoms with E-state index in [9.17, 15) is 26.4 Å². The number of likely N-dealkylation sites (N-methyl/N-ethyl adjacent to an activating group) is 1. The molecule has 4 rings (SSSR count). The van der Waals surface area contributed by atoms with Gasteiger partial charge in [0, 0.05) is 43.3 Å². The van der Waals surface area contributed by atoms with Crippen LogP contribution in [-0.2, 0) is 27.2 Å². The highest BCUT2D eigenvalue weighted by Crippen LogP contribution is 2.36. The van der Waals surface area contributed by atoms with E-state index in [4.69, 9.17) is 16.3 Å². The number of rotatable bonds is 10. The van der Waals surface area contributed by atoms with Crippen LogP contribution in [-0.4, -0.2) is 59.3 Å². The standard InChI is InChI=1S/C26H25ClF3N5O4S/c1-3-35(23(36)14-40(2,37)38)10-9-20-24-21(13-31-20)32-15-33-25(24)34-17-7-8-22(19(27)12-17)39-18-6-4-5-16(11-18)26(28,29)30/h4-8,11-13,15,31H,3,9-10,14H2,1-2H3,(H,32,33,34). The molecule has 0 aliphatic heterocycles. The zero-order valence-electron chi connectivity index (χ0n) is 21.4. The number of nitrogens with one attached hydrogen (secondary N) is 2. The first kappa shape index (κ1) is 29.2. The normalized spacial score (nSPS) is 11.9. The number of alkyl halides is 3. The summed E-state index contributed by atoms with van der Waals surface area (Å²) in [6, 6.07) is 9.20. The molecular weight excluding hydrogens is 571 g/mol. The van der Waals surface area contributed by atoms with Crippen molar-refractivity contribution in [1.29, 1.82) is 0 Å². The van der Waals surface area contributed by atoms with Crippen molar-refractivity contribution in [3.8, 4) is 11.5 Å². The lowest BCUT2D eigenvalue weighted by Crippen LogP contribution is -2.36. The van der Waals surface area contributed by atoms with Crippen LogP contribution in [0.1, 0.15) is 18.2 Å². The van der Waals surface area contributed by atoms with Gasteiger partial charge in [-0.15, -0.1) is 0 Å². The largest absolute Gasteiger partial charge is 0.456 e. The van der Waals surface area contributed by atoms with Gasteiger partial charge in [0.25, 0.3) is 0 Å². The van der Waals surface area contributed by atoms with Crippen LogP contribution in [0.3, 0.4) is 0 Å². The molecule has 0 atom stereocenters. The van der Waals surface area contributed by atoms with Gasteiger partial charge in [-0.3, -0.25) is 4.79 Å². The minimum Gasteiger partial charge on any atom is -0.456 e. The summed E-state index contributed by atoms with van der Waals surface area (Å²) in [6.45, 7) is 2.40. The van der Waals surface area contributed by atoms with Gasteiger partial charge >= 0.3 is 6.18 Å². The van der Waals surface area contributed by atoms with Gasteiger partial charge in [0.15, 0.2) is 9.84 Å². The Hall–Kier alpha value is -3.84. The van der Waals surface area contributed by atoms with E-state index in [1.165, 1.54) is 29.4 Å². The molecule has 0 fully saturated rings. The van der Waals surface area contributed by atoms with Crippen LogP contribution in [0.5, 0.6) is 11.5 Å². The lowest BCUT2D eigenvalue weighted by molar-refractivity contribution is -0.137. The number of carbonyl (C=O) groups excluding carboxylic acids is 1. The summed E-state index contributed by atoms with van der Waals surface area (Å²) >= 11 is 6.37. The van der Waals surface area contributed by atoms with Gasteiger partial charge in [0.05, 0.1) is 21.5 Å². The number of nitrogens with zero attached hydrogens (tertiary/aromatic N) is 3. The highest BCUT2D eigenvalue weighted by molar-refractivity contribution is 7.91. The average Bonchev–Trinajstić information content (AvgIpc) is 3.29. The monoisotopic (exact) mass is 595 g/mol. The van der Waals surface area contributed by atoms with E-state index >= 15 is 0 Å². The van der Waals surface area contributed by atoms with Gasteiger partial charge in [-0.05, 0) is 43.3 Å². The second-order valence-electron chi connectivity index (χ2n) is 8.94. The molecule has 0 aliphatic carbocycles. The molecular formula is C26H25ClF3N5O4S. The Morgan fingerprint density at radius 3 is 2.62 bits per heavy atom. The Balaban J connectivity index is 1.52. The lowest BCUT2D eigenvalue weighted by atomic mass is 10.2. The van der Waals surface area contributed by atoms with Crippen molar-refractivity contribution in [1.82, 2.24) is 19.9 Å². The third kappa shape index (κ3) is 7.21. The van der Waals surface area contributed by atoms with Gasteiger partial charge in [0.2, 0.25) is 5.91 Å². The Morgan fingerprint density at radius 1 is 1.18 bits per heavy atom. The Morgan fingerprint density at radius 2 is 1.95 bits per heavy atom. The number of amides is 1. The summed E-state index contributed by atoms with van der Waals surface area (Å²) in [4.78, 5) is 25.6. The molecule has 2 N–H and O–H groups in total. The predicted molar refractivity (Wildman–Crippen MR) is 146 cm³/mol. The minimum absolute atomic E-state index is 0.0111. The van der Waals surface area contributed by atoms with Crippen LogP contribution in [0.15, 0.2) is 55.0 Å². The molecule has 2 aromatic carbocycles. The van der Waals surface area contributed by atoms with E-state index in [0.29, 0.717) is 35.4 Å². The molecule has 0 aliphatic rings. The van der Waals surface area contributed by atoms with E-state index in [-0.39, 0.29) is 23.1 Å². The average molecular weight is 596 g/mol. The van der Waals surface area contributed by atoms with Crippen LogP contribution >= 0.6 is 11.6 Å². The number of hydrogen-bond acceptors (Lipinski definition) is 7. The number of aromatic nitrogens is 3. The van der Waals surface area contributed by atoms with Crippen molar-refractivity contribution in [3.05, 3.63) is 71.3 Å². The quantitative estimate of drug-likeness (QED) is 0.245. The number of halogens is 4. The highest BCUT2D eigenvalue weighted by atomic mass is 35.5. The Bertz CT molecular complexity index is 1640. The lowest BCUT2D eigenvalue weighted by Gasteiger charge is -2.20. The molecule has 2 heterocycles. The summed E-state index contributed by atoms with van der Waals surface area (Å²) in [7, 11) is -3.45. The number of H-pyrrole nitrogens is 1. The molecule has 0 spiro atoms. The number of anilines is 2. The maximum Gasteiger partial charge on any atom is 0.416 e. The second kappa shape index (κ2) is 11.7. The van der Waals surface area contributed by atoms with Crippen molar-refractivity contribution in [2.75, 3.05) is 30.4 Å². The summed E-state index contributed by atoms with van der Waals surface area (Å²) in [6.07, 6.45) is -0.0201. The summed E-state index contributed by atoms with van der Waals surface area (Å²) in [5.41, 5.74) is 1.05. The van der Waals surface area contributed by atoms with Crippen LogP contribution in [0.2, 0.25) is 5.02 Å². The summed E-state index contributed by atoms with van der Waals surface area (Å²) in [5, 5.41) is 4.00. The highest BCUT2D eigenvalue weighted by Gasteiger charge is 2.30. The molecule has 40 heavy (non-hydrogen) atoms. The molecule has 4 aromatic rings. The van der Waals surface area contributed by atoms with Crippen molar-refractivity contribution >= 4 is 49.8 Å². The first-order chi connectivity index (χ1) is 18.8. The molecule has 0 radical (unpaired) electrons. The van der Waals surface area contributed by atoms with Crippen LogP contribution in [0, 0.1) is 0 Å². The van der Waals surface area contributed by atoms with Crippen LogP contribution in [0.4, 0.5) is 24.7 Å². The molecule has 212 valence electrons. The van der Waals surface area contributed by atoms with Crippen molar-refractivity contribution in [2.24, 2.45) is 0 Å². The predicted octanol–water partition coefficient (Wildman–Crippen LogP) is 5.60. The van der Waals surface area contributed by atoms with E-state index < -0.39 is 33.2 Å². The minimum atomic E-state index is -4.50. The van der Waals surface area contributed by atoms with E-state index in [2.05, 4.69) is 20.3 Å². The second-order valence-corrected chi connectivity index (χ2v) is 11.5. The van der Waals surface area contributed by atoms with Gasteiger partial charge in [-0.2, -0.15) is 13.2 Å². The summed E-state index contributed by atoms with van der Waals surface area (Å²) < 4.78 is 67.7. The molecule has 0 bridgehead atoms. The van der Waals surface area contributed by atoms with Gasteiger partial charge in [0.1, 0.15) is 29.4 Å². The number of carbonyl (C=O) groups is 1. The van der Waals surface area contributed by atoms with Gasteiger partial charge in [-0.25, -0.2) is 18.4 Å². The topological polar surface area (TPSA) is 117 Å². The number of benzene rings is 2. The van der Waals surface area contributed by atoms with E-state index in [1.54, 1.807) is 25.3 Å². The first-order valence-corrected chi connectivity index (χ1v) is 14.5.